The zero-order valence-electron chi connectivity index (χ0n) is 18.3. The molecule has 5 nitrogen and oxygen atoms in total. The Hall–Kier alpha value is -2.60. The molecule has 0 spiro atoms. The van der Waals surface area contributed by atoms with Crippen LogP contribution in [-0.2, 0) is 22.4 Å². The van der Waals surface area contributed by atoms with Crippen molar-refractivity contribution in [2.75, 3.05) is 13.2 Å². The van der Waals surface area contributed by atoms with Gasteiger partial charge in [0.15, 0.2) is 0 Å². The summed E-state index contributed by atoms with van der Waals surface area (Å²) in [6.07, 6.45) is -0.135. The Balaban J connectivity index is 1.79. The minimum atomic E-state index is -1.08. The van der Waals surface area contributed by atoms with Gasteiger partial charge in [0.25, 0.3) is 0 Å². The lowest BCUT2D eigenvalue weighted by atomic mass is 9.79. The summed E-state index contributed by atoms with van der Waals surface area (Å²) in [4.78, 5) is 12.7. The maximum atomic E-state index is 12.7. The Morgan fingerprint density at radius 2 is 1.88 bits per heavy atom. The molecule has 1 aliphatic heterocycles. The number of hydrogen-bond donors (Lipinski definition) is 2. The van der Waals surface area contributed by atoms with Gasteiger partial charge in [0.2, 0.25) is 0 Å². The number of carbonyl (C=O) groups excluding carboxylic acids is 1. The second kappa shape index (κ2) is 9.10. The van der Waals surface area contributed by atoms with E-state index in [2.05, 4.69) is 36.6 Å². The lowest BCUT2D eigenvalue weighted by Crippen LogP contribution is -2.26. The van der Waals surface area contributed by atoms with Crippen LogP contribution in [0.4, 0.5) is 0 Å². The summed E-state index contributed by atoms with van der Waals surface area (Å²) in [6.45, 7) is 3.82. The smallest absolute Gasteiger partial charge is 0.311 e. The van der Waals surface area contributed by atoms with Crippen molar-refractivity contribution >= 4 is 17.6 Å². The van der Waals surface area contributed by atoms with Gasteiger partial charge in [0.05, 0.1) is 19.1 Å². The van der Waals surface area contributed by atoms with E-state index in [0.717, 1.165) is 23.2 Å². The molecule has 0 amide bonds. The Bertz CT molecular complexity index is 1090. The molecule has 0 aliphatic carbocycles. The van der Waals surface area contributed by atoms with Gasteiger partial charge in [0, 0.05) is 22.0 Å². The van der Waals surface area contributed by atoms with Gasteiger partial charge in [-0.05, 0) is 41.2 Å². The summed E-state index contributed by atoms with van der Waals surface area (Å²) < 4.78 is 7.53. The fourth-order valence-electron chi connectivity index (χ4n) is 4.72. The van der Waals surface area contributed by atoms with E-state index < -0.39 is 18.7 Å². The zero-order chi connectivity index (χ0) is 22.9. The second-order valence-corrected chi connectivity index (χ2v) is 9.48. The van der Waals surface area contributed by atoms with Gasteiger partial charge in [0.1, 0.15) is 12.7 Å². The standard InChI is InChI=1S/C26H28ClNO4/c1-26(2)14-20-12-22(17-8-10-19(27)11-9-17)23(13-24(31)32-16-21(30)15-29)28(20)25(26)18-6-4-3-5-7-18/h3-12,21,25,29-30H,13-16H2,1-2H3. The summed E-state index contributed by atoms with van der Waals surface area (Å²) in [5, 5.41) is 19.2. The molecule has 2 heterocycles. The maximum Gasteiger partial charge on any atom is 0.311 e. The van der Waals surface area contributed by atoms with Crippen LogP contribution in [0.1, 0.15) is 36.8 Å². The quantitative estimate of drug-likeness (QED) is 0.519. The van der Waals surface area contributed by atoms with E-state index in [1.165, 1.54) is 11.3 Å². The van der Waals surface area contributed by atoms with Gasteiger partial charge >= 0.3 is 5.97 Å². The minimum absolute atomic E-state index is 0.0268. The highest BCUT2D eigenvalue weighted by Crippen LogP contribution is 2.49. The number of esters is 1. The average molecular weight is 454 g/mol. The van der Waals surface area contributed by atoms with Crippen molar-refractivity contribution in [2.24, 2.45) is 5.41 Å². The largest absolute Gasteiger partial charge is 0.463 e. The highest BCUT2D eigenvalue weighted by atomic mass is 35.5. The molecule has 2 unspecified atom stereocenters. The number of ether oxygens (including phenoxy) is 1. The predicted molar refractivity (Wildman–Crippen MR) is 125 cm³/mol. The van der Waals surface area contributed by atoms with Gasteiger partial charge in [-0.1, -0.05) is 67.9 Å². The fourth-order valence-corrected chi connectivity index (χ4v) is 4.84. The molecule has 2 aromatic carbocycles. The molecule has 0 saturated heterocycles. The van der Waals surface area contributed by atoms with Crippen LogP contribution in [-0.4, -0.2) is 40.1 Å². The van der Waals surface area contributed by atoms with Gasteiger partial charge in [-0.25, -0.2) is 0 Å². The third kappa shape index (κ3) is 4.46. The summed E-state index contributed by atoms with van der Waals surface area (Å²) in [7, 11) is 0. The number of carbonyl (C=O) groups is 1. The van der Waals surface area contributed by atoms with E-state index in [1.54, 1.807) is 0 Å². The van der Waals surface area contributed by atoms with Gasteiger partial charge < -0.3 is 19.5 Å². The molecular formula is C26H28ClNO4. The number of nitrogens with zero attached hydrogens (tertiary/aromatic N) is 1. The third-order valence-corrected chi connectivity index (χ3v) is 6.34. The molecule has 6 heteroatoms. The predicted octanol–water partition coefficient (Wildman–Crippen LogP) is 4.42. The first-order valence-corrected chi connectivity index (χ1v) is 11.2. The molecule has 0 bridgehead atoms. The van der Waals surface area contributed by atoms with E-state index in [4.69, 9.17) is 21.4 Å². The van der Waals surface area contributed by atoms with Crippen LogP contribution in [0.25, 0.3) is 11.1 Å². The van der Waals surface area contributed by atoms with Crippen molar-refractivity contribution in [1.29, 1.82) is 0 Å². The lowest BCUT2D eigenvalue weighted by molar-refractivity contribution is -0.146. The van der Waals surface area contributed by atoms with Crippen LogP contribution in [0.2, 0.25) is 5.02 Å². The molecule has 0 radical (unpaired) electrons. The Kier molecular flexibility index (Phi) is 6.42. The highest BCUT2D eigenvalue weighted by molar-refractivity contribution is 6.30. The molecule has 1 aliphatic rings. The average Bonchev–Trinajstić information content (AvgIpc) is 3.23. The van der Waals surface area contributed by atoms with Crippen molar-refractivity contribution in [3.8, 4) is 11.1 Å². The topological polar surface area (TPSA) is 71.7 Å². The Morgan fingerprint density at radius 1 is 1.19 bits per heavy atom. The Labute approximate surface area is 193 Å². The normalized spacial score (nSPS) is 17.7. The molecule has 2 atom stereocenters. The van der Waals surface area contributed by atoms with Crippen LogP contribution < -0.4 is 0 Å². The summed E-state index contributed by atoms with van der Waals surface area (Å²) in [5.74, 6) is -0.440. The van der Waals surface area contributed by atoms with Crippen LogP contribution in [0, 0.1) is 5.41 Å². The van der Waals surface area contributed by atoms with E-state index in [-0.39, 0.29) is 24.5 Å². The van der Waals surface area contributed by atoms with Crippen molar-refractivity contribution in [3.05, 3.63) is 82.6 Å². The molecule has 32 heavy (non-hydrogen) atoms. The summed E-state index contributed by atoms with van der Waals surface area (Å²) in [6, 6.07) is 20.2. The van der Waals surface area contributed by atoms with E-state index in [0.29, 0.717) is 5.02 Å². The first-order chi connectivity index (χ1) is 15.3. The second-order valence-electron chi connectivity index (χ2n) is 9.05. The zero-order valence-corrected chi connectivity index (χ0v) is 19.0. The summed E-state index contributed by atoms with van der Waals surface area (Å²) in [5.41, 5.74) is 5.19. The number of benzene rings is 2. The number of aliphatic hydroxyl groups is 2. The maximum absolute atomic E-state index is 12.7. The molecule has 0 saturated carbocycles. The molecule has 1 aromatic heterocycles. The minimum Gasteiger partial charge on any atom is -0.463 e. The lowest BCUT2D eigenvalue weighted by Gasteiger charge is -2.30. The van der Waals surface area contributed by atoms with Crippen LogP contribution in [0.3, 0.4) is 0 Å². The van der Waals surface area contributed by atoms with Crippen LogP contribution in [0.15, 0.2) is 60.7 Å². The van der Waals surface area contributed by atoms with Gasteiger partial charge in [-0.15, -0.1) is 0 Å². The molecule has 0 fully saturated rings. The van der Waals surface area contributed by atoms with E-state index in [9.17, 15) is 9.90 Å². The SMILES string of the molecule is CC1(C)Cc2cc(-c3ccc(Cl)cc3)c(CC(=O)OCC(O)CO)n2C1c1ccccc1. The molecular weight excluding hydrogens is 426 g/mol. The van der Waals surface area contributed by atoms with Gasteiger partial charge in [-0.2, -0.15) is 0 Å². The summed E-state index contributed by atoms with van der Waals surface area (Å²) >= 11 is 6.10. The van der Waals surface area contributed by atoms with Crippen molar-refractivity contribution in [3.63, 3.8) is 0 Å². The van der Waals surface area contributed by atoms with E-state index in [1.807, 2.05) is 42.5 Å². The third-order valence-electron chi connectivity index (χ3n) is 6.09. The highest BCUT2D eigenvalue weighted by Gasteiger charge is 2.42. The number of aromatic nitrogens is 1. The first kappa shape index (κ1) is 22.6. The Morgan fingerprint density at radius 3 is 2.53 bits per heavy atom. The van der Waals surface area contributed by atoms with E-state index >= 15 is 0 Å². The van der Waals surface area contributed by atoms with Crippen LogP contribution >= 0.6 is 11.6 Å². The number of aliphatic hydroxyl groups excluding tert-OH is 2. The fraction of sp³-hybridized carbons (Fsp3) is 0.346. The molecule has 4 rings (SSSR count). The van der Waals surface area contributed by atoms with Crippen molar-refractivity contribution < 1.29 is 19.7 Å². The molecule has 2 N–H and O–H groups in total. The number of fused-ring (bicyclic) bond motifs is 1. The first-order valence-electron chi connectivity index (χ1n) is 10.8. The van der Waals surface area contributed by atoms with Crippen LogP contribution in [0.5, 0.6) is 0 Å². The monoisotopic (exact) mass is 453 g/mol. The number of rotatable bonds is 7. The number of halogens is 1. The molecule has 3 aromatic rings. The number of hydrogen-bond acceptors (Lipinski definition) is 4. The van der Waals surface area contributed by atoms with Crippen molar-refractivity contribution in [2.45, 2.75) is 38.8 Å². The molecule has 168 valence electrons. The van der Waals surface area contributed by atoms with Crippen molar-refractivity contribution in [1.82, 2.24) is 4.57 Å². The van der Waals surface area contributed by atoms with Gasteiger partial charge in [-0.3, -0.25) is 4.79 Å².